The number of carbonyl (C=O) groups is 1. The molecule has 27 heavy (non-hydrogen) atoms. The van der Waals surface area contributed by atoms with E-state index >= 15 is 0 Å². The fourth-order valence-electron chi connectivity index (χ4n) is 2.82. The Bertz CT molecular complexity index is 597. The summed E-state index contributed by atoms with van der Waals surface area (Å²) in [6.07, 6.45) is 5.74. The molecule has 1 aromatic rings. The second kappa shape index (κ2) is 11.0. The molecule has 1 N–H and O–H groups in total. The summed E-state index contributed by atoms with van der Waals surface area (Å²) in [7, 11) is 3.27. The lowest BCUT2D eigenvalue weighted by Gasteiger charge is -2.22. The van der Waals surface area contributed by atoms with Gasteiger partial charge < -0.3 is 19.5 Å². The third-order valence-corrected chi connectivity index (χ3v) is 4.08. The van der Waals surface area contributed by atoms with E-state index in [1.165, 1.54) is 19.3 Å². The van der Waals surface area contributed by atoms with Crippen molar-refractivity contribution in [3.63, 3.8) is 0 Å². The number of nitrogens with zero attached hydrogens (tertiary/aromatic N) is 1. The Labute approximate surface area is 164 Å². The van der Waals surface area contributed by atoms with E-state index in [1.807, 2.05) is 33.8 Å². The number of aryl methyl sites for hydroxylation is 1. The zero-order chi connectivity index (χ0) is 20.4. The number of ether oxygens (including phenoxy) is 3. The van der Waals surface area contributed by atoms with Crippen LogP contribution in [0.4, 0.5) is 4.79 Å². The highest BCUT2D eigenvalue weighted by Gasteiger charge is 2.20. The molecule has 0 aliphatic rings. The number of hydrogen-bond acceptors (Lipinski definition) is 5. The number of nitrogens with one attached hydrogen (secondary N) is 1. The standard InChI is InChI=1S/C21H36N2O4/c1-8-9-10-11-12-16-14-18(25-6)17(23-19(16)26-7)13-15(2)22-20(24)27-21(3,4)5/h14-15H,8-13H2,1-7H3,(H,22,24). The molecule has 6 heteroatoms. The van der Waals surface area contributed by atoms with Crippen LogP contribution in [-0.4, -0.2) is 36.9 Å². The van der Waals surface area contributed by atoms with Crippen molar-refractivity contribution < 1.29 is 19.0 Å². The fraction of sp³-hybridized carbons (Fsp3) is 0.714. The first-order chi connectivity index (χ1) is 12.7. The summed E-state index contributed by atoms with van der Waals surface area (Å²) in [6.45, 7) is 9.63. The maximum Gasteiger partial charge on any atom is 0.407 e. The van der Waals surface area contributed by atoms with Crippen LogP contribution in [0.1, 0.15) is 71.6 Å². The molecule has 1 aromatic heterocycles. The van der Waals surface area contributed by atoms with Crippen LogP contribution in [0, 0.1) is 0 Å². The van der Waals surface area contributed by atoms with E-state index in [9.17, 15) is 4.79 Å². The van der Waals surface area contributed by atoms with Crippen molar-refractivity contribution in [1.29, 1.82) is 0 Å². The van der Waals surface area contributed by atoms with Gasteiger partial charge in [-0.15, -0.1) is 0 Å². The van der Waals surface area contributed by atoms with Crippen LogP contribution in [0.3, 0.4) is 0 Å². The van der Waals surface area contributed by atoms with Crippen LogP contribution < -0.4 is 14.8 Å². The van der Waals surface area contributed by atoms with Gasteiger partial charge in [-0.05, 0) is 46.6 Å². The highest BCUT2D eigenvalue weighted by atomic mass is 16.6. The Kier molecular flexibility index (Phi) is 9.39. The fourth-order valence-corrected chi connectivity index (χ4v) is 2.82. The molecule has 6 nitrogen and oxygen atoms in total. The Morgan fingerprint density at radius 1 is 1.19 bits per heavy atom. The largest absolute Gasteiger partial charge is 0.495 e. The molecule has 1 amide bonds. The number of hydrogen-bond donors (Lipinski definition) is 1. The van der Waals surface area contributed by atoms with Crippen molar-refractivity contribution in [1.82, 2.24) is 10.3 Å². The first-order valence-corrected chi connectivity index (χ1v) is 9.80. The predicted molar refractivity (Wildman–Crippen MR) is 108 cm³/mol. The number of alkyl carbamates (subject to hydrolysis) is 1. The molecular weight excluding hydrogens is 344 g/mol. The van der Waals surface area contributed by atoms with Crippen LogP contribution in [0.5, 0.6) is 11.6 Å². The minimum absolute atomic E-state index is 0.152. The lowest BCUT2D eigenvalue weighted by molar-refractivity contribution is 0.0508. The highest BCUT2D eigenvalue weighted by Crippen LogP contribution is 2.28. The number of aromatic nitrogens is 1. The number of unbranched alkanes of at least 4 members (excludes halogenated alkanes) is 3. The zero-order valence-electron chi connectivity index (χ0n) is 18.0. The van der Waals surface area contributed by atoms with Gasteiger partial charge >= 0.3 is 6.09 Å². The van der Waals surface area contributed by atoms with Gasteiger partial charge in [-0.1, -0.05) is 26.2 Å². The molecule has 0 saturated carbocycles. The smallest absolute Gasteiger partial charge is 0.407 e. The molecule has 0 aliphatic carbocycles. The van der Waals surface area contributed by atoms with Gasteiger partial charge in [0.2, 0.25) is 5.88 Å². The van der Waals surface area contributed by atoms with Gasteiger partial charge in [0, 0.05) is 18.0 Å². The first-order valence-electron chi connectivity index (χ1n) is 9.80. The van der Waals surface area contributed by atoms with Crippen LogP contribution in [0.15, 0.2) is 6.07 Å². The van der Waals surface area contributed by atoms with E-state index in [4.69, 9.17) is 14.2 Å². The van der Waals surface area contributed by atoms with Crippen molar-refractivity contribution in [3.8, 4) is 11.6 Å². The van der Waals surface area contributed by atoms with Gasteiger partial charge in [0.15, 0.2) is 0 Å². The normalized spacial score (nSPS) is 12.4. The molecule has 0 aromatic carbocycles. The van der Waals surface area contributed by atoms with Crippen LogP contribution in [0.25, 0.3) is 0 Å². The van der Waals surface area contributed by atoms with E-state index in [2.05, 4.69) is 17.2 Å². The number of pyridine rings is 1. The van der Waals surface area contributed by atoms with E-state index in [-0.39, 0.29) is 6.04 Å². The predicted octanol–water partition coefficient (Wildman–Crippen LogP) is 4.68. The Morgan fingerprint density at radius 3 is 2.44 bits per heavy atom. The molecule has 1 unspecified atom stereocenters. The summed E-state index contributed by atoms with van der Waals surface area (Å²) in [6, 6.07) is 1.86. The molecule has 0 fully saturated rings. The summed E-state index contributed by atoms with van der Waals surface area (Å²) in [5.41, 5.74) is 1.29. The quantitative estimate of drug-likeness (QED) is 0.597. The van der Waals surface area contributed by atoms with Crippen LogP contribution in [0.2, 0.25) is 0 Å². The third-order valence-electron chi connectivity index (χ3n) is 4.08. The Balaban J connectivity index is 2.83. The van der Waals surface area contributed by atoms with Crippen molar-refractivity contribution in [2.75, 3.05) is 14.2 Å². The minimum Gasteiger partial charge on any atom is -0.495 e. The minimum atomic E-state index is -0.525. The van der Waals surface area contributed by atoms with Crippen LogP contribution >= 0.6 is 0 Å². The Morgan fingerprint density at radius 2 is 1.89 bits per heavy atom. The third kappa shape index (κ3) is 8.50. The SMILES string of the molecule is CCCCCCc1cc(OC)c(CC(C)NC(=O)OC(C)(C)C)nc1OC. The van der Waals surface area contributed by atoms with Crippen molar-refractivity contribution in [3.05, 3.63) is 17.3 Å². The molecule has 0 spiro atoms. The maximum atomic E-state index is 12.0. The first kappa shape index (κ1) is 23.1. The molecule has 1 atom stereocenters. The van der Waals surface area contributed by atoms with Gasteiger partial charge in [-0.3, -0.25) is 0 Å². The molecule has 0 aliphatic heterocycles. The van der Waals surface area contributed by atoms with E-state index in [0.717, 1.165) is 29.8 Å². The summed E-state index contributed by atoms with van der Waals surface area (Å²) in [5.74, 6) is 1.35. The van der Waals surface area contributed by atoms with E-state index in [0.29, 0.717) is 12.3 Å². The molecular formula is C21H36N2O4. The lowest BCUT2D eigenvalue weighted by Crippen LogP contribution is -2.38. The second-order valence-corrected chi connectivity index (χ2v) is 7.87. The number of rotatable bonds is 10. The number of amides is 1. The summed E-state index contributed by atoms with van der Waals surface area (Å²) in [5, 5.41) is 2.84. The van der Waals surface area contributed by atoms with Crippen molar-refractivity contribution in [2.45, 2.75) is 84.8 Å². The summed E-state index contributed by atoms with van der Waals surface area (Å²) < 4.78 is 16.3. The van der Waals surface area contributed by atoms with Gasteiger partial charge in [-0.25, -0.2) is 9.78 Å². The molecule has 0 saturated heterocycles. The second-order valence-electron chi connectivity index (χ2n) is 7.87. The monoisotopic (exact) mass is 380 g/mol. The molecule has 0 radical (unpaired) electrons. The molecule has 154 valence electrons. The Hall–Kier alpha value is -1.98. The molecule has 1 heterocycles. The average molecular weight is 381 g/mol. The topological polar surface area (TPSA) is 69.7 Å². The zero-order valence-corrected chi connectivity index (χ0v) is 18.0. The van der Waals surface area contributed by atoms with Crippen molar-refractivity contribution in [2.24, 2.45) is 0 Å². The molecule has 0 bridgehead atoms. The average Bonchev–Trinajstić information content (AvgIpc) is 2.57. The lowest BCUT2D eigenvalue weighted by atomic mass is 10.0. The van der Waals surface area contributed by atoms with Gasteiger partial charge in [0.05, 0.1) is 19.9 Å². The summed E-state index contributed by atoms with van der Waals surface area (Å²) >= 11 is 0. The summed E-state index contributed by atoms with van der Waals surface area (Å²) in [4.78, 5) is 16.6. The number of carbonyl (C=O) groups excluding carboxylic acids is 1. The van der Waals surface area contributed by atoms with Gasteiger partial charge in [-0.2, -0.15) is 0 Å². The van der Waals surface area contributed by atoms with E-state index < -0.39 is 11.7 Å². The van der Waals surface area contributed by atoms with Crippen molar-refractivity contribution >= 4 is 6.09 Å². The number of methoxy groups -OCH3 is 2. The maximum absolute atomic E-state index is 12.0. The van der Waals surface area contributed by atoms with E-state index in [1.54, 1.807) is 14.2 Å². The van der Waals surface area contributed by atoms with Gasteiger partial charge in [0.25, 0.3) is 0 Å². The highest BCUT2D eigenvalue weighted by molar-refractivity contribution is 5.68. The molecule has 1 rings (SSSR count). The van der Waals surface area contributed by atoms with Crippen LogP contribution in [-0.2, 0) is 17.6 Å². The van der Waals surface area contributed by atoms with Gasteiger partial charge in [0.1, 0.15) is 11.4 Å².